The smallest absolute Gasteiger partial charge is 0.337 e. The monoisotopic (exact) mass is 512 g/mol. The molecule has 1 aliphatic heterocycles. The molecule has 0 bridgehead atoms. The summed E-state index contributed by atoms with van der Waals surface area (Å²) in [7, 11) is 1.66. The first-order valence-electron chi connectivity index (χ1n) is 12.3. The highest BCUT2D eigenvalue weighted by Gasteiger charge is 2.29. The van der Waals surface area contributed by atoms with Gasteiger partial charge in [0.25, 0.3) is 11.5 Å². The van der Waals surface area contributed by atoms with E-state index in [1.807, 2.05) is 19.9 Å². The van der Waals surface area contributed by atoms with Gasteiger partial charge in [-0.2, -0.15) is 0 Å². The van der Waals surface area contributed by atoms with E-state index in [4.69, 9.17) is 4.98 Å². The van der Waals surface area contributed by atoms with Gasteiger partial charge >= 0.3 is 5.97 Å². The number of anilines is 1. The Hall–Kier alpha value is -4.50. The zero-order valence-electron chi connectivity index (χ0n) is 21.3. The fourth-order valence-electron chi connectivity index (χ4n) is 4.81. The SMILES string of the molecule is Cc1cc([C@@H](C)Nc2ccccc2C(=O)O)c2nc(-c3ccc(C(=O)N4CC(O)C4)cc3)n(C)c(=O)c2c1. The second-order valence-electron chi connectivity index (χ2n) is 9.71. The Morgan fingerprint density at radius 1 is 1.08 bits per heavy atom. The van der Waals surface area contributed by atoms with Gasteiger partial charge < -0.3 is 20.4 Å². The number of amides is 1. The number of carboxylic acid groups (broad SMARTS) is 1. The van der Waals surface area contributed by atoms with Crippen molar-refractivity contribution in [3.05, 3.63) is 93.3 Å². The molecule has 3 aromatic carbocycles. The number of carbonyl (C=O) groups excluding carboxylic acids is 1. The molecule has 2 heterocycles. The van der Waals surface area contributed by atoms with Gasteiger partial charge in [-0.3, -0.25) is 14.2 Å². The van der Waals surface area contributed by atoms with Crippen molar-refractivity contribution in [1.29, 1.82) is 0 Å². The Morgan fingerprint density at radius 3 is 2.42 bits per heavy atom. The van der Waals surface area contributed by atoms with Crippen LogP contribution in [0.4, 0.5) is 5.69 Å². The number of nitrogens with zero attached hydrogens (tertiary/aromatic N) is 3. The van der Waals surface area contributed by atoms with Crippen LogP contribution in [0.25, 0.3) is 22.3 Å². The molecule has 1 amide bonds. The van der Waals surface area contributed by atoms with E-state index in [9.17, 15) is 24.6 Å². The van der Waals surface area contributed by atoms with E-state index in [0.29, 0.717) is 46.6 Å². The molecule has 9 heteroatoms. The van der Waals surface area contributed by atoms with Gasteiger partial charge in [0.05, 0.1) is 28.6 Å². The standard InChI is InChI=1S/C29H28N4O5/c1-16-12-22(17(2)30-24-7-5-4-6-21(24)29(37)38)25-23(13-16)28(36)32(3)26(31-25)18-8-10-19(11-9-18)27(35)33-14-20(34)15-33/h4-13,17,20,30,34H,14-15H2,1-3H3,(H,37,38)/t17-/m1/s1. The van der Waals surface area contributed by atoms with Crippen LogP contribution >= 0.6 is 0 Å². The van der Waals surface area contributed by atoms with Gasteiger partial charge in [-0.15, -0.1) is 0 Å². The van der Waals surface area contributed by atoms with Crippen molar-refractivity contribution in [3.63, 3.8) is 0 Å². The number of benzene rings is 3. The number of carbonyl (C=O) groups is 2. The topological polar surface area (TPSA) is 125 Å². The van der Waals surface area contributed by atoms with E-state index in [-0.39, 0.29) is 23.1 Å². The normalized spacial score (nSPS) is 14.3. The molecule has 3 N–H and O–H groups in total. The highest BCUT2D eigenvalue weighted by Crippen LogP contribution is 2.29. The van der Waals surface area contributed by atoms with Crippen LogP contribution in [0.3, 0.4) is 0 Å². The minimum atomic E-state index is -1.03. The average molecular weight is 513 g/mol. The fraction of sp³-hybridized carbons (Fsp3) is 0.241. The lowest BCUT2D eigenvalue weighted by Crippen LogP contribution is -2.53. The van der Waals surface area contributed by atoms with Gasteiger partial charge in [-0.05, 0) is 49.7 Å². The van der Waals surface area contributed by atoms with Crippen LogP contribution in [0.15, 0.2) is 65.5 Å². The van der Waals surface area contributed by atoms with Crippen molar-refractivity contribution in [1.82, 2.24) is 14.5 Å². The summed E-state index contributed by atoms with van der Waals surface area (Å²) in [5, 5.41) is 22.8. The van der Waals surface area contributed by atoms with E-state index in [2.05, 4.69) is 5.32 Å². The fourth-order valence-corrected chi connectivity index (χ4v) is 4.81. The van der Waals surface area contributed by atoms with Crippen molar-refractivity contribution in [2.75, 3.05) is 18.4 Å². The van der Waals surface area contributed by atoms with Crippen molar-refractivity contribution >= 4 is 28.5 Å². The predicted molar refractivity (Wildman–Crippen MR) is 145 cm³/mol. The van der Waals surface area contributed by atoms with E-state index in [1.165, 1.54) is 10.6 Å². The highest BCUT2D eigenvalue weighted by atomic mass is 16.4. The highest BCUT2D eigenvalue weighted by molar-refractivity contribution is 5.95. The number of likely N-dealkylation sites (tertiary alicyclic amines) is 1. The van der Waals surface area contributed by atoms with Crippen LogP contribution in [0.1, 0.15) is 44.8 Å². The number of aromatic carboxylic acids is 1. The number of aliphatic hydroxyl groups excluding tert-OH is 1. The van der Waals surface area contributed by atoms with Crippen LogP contribution in [0.5, 0.6) is 0 Å². The minimum Gasteiger partial charge on any atom is -0.478 e. The van der Waals surface area contributed by atoms with E-state index >= 15 is 0 Å². The van der Waals surface area contributed by atoms with Gasteiger partial charge in [0.1, 0.15) is 5.82 Å². The van der Waals surface area contributed by atoms with Gasteiger partial charge in [0.2, 0.25) is 0 Å². The van der Waals surface area contributed by atoms with Crippen LogP contribution in [0, 0.1) is 6.92 Å². The molecule has 9 nitrogen and oxygen atoms in total. The molecule has 1 saturated heterocycles. The molecule has 5 rings (SSSR count). The van der Waals surface area contributed by atoms with Gasteiger partial charge in [0.15, 0.2) is 0 Å². The number of carboxylic acids is 1. The lowest BCUT2D eigenvalue weighted by molar-refractivity contribution is 0.00589. The number of aryl methyl sites for hydroxylation is 1. The van der Waals surface area contributed by atoms with Crippen LogP contribution in [-0.2, 0) is 7.05 Å². The number of hydrogen-bond donors (Lipinski definition) is 3. The number of rotatable bonds is 6. The largest absolute Gasteiger partial charge is 0.478 e. The summed E-state index contributed by atoms with van der Waals surface area (Å²) in [6, 6.07) is 17.0. The summed E-state index contributed by atoms with van der Waals surface area (Å²) in [6.45, 7) is 4.46. The van der Waals surface area contributed by atoms with E-state index in [0.717, 1.165) is 11.1 Å². The first-order chi connectivity index (χ1) is 18.1. The molecule has 38 heavy (non-hydrogen) atoms. The molecule has 0 aliphatic carbocycles. The number of aliphatic hydroxyl groups is 1. The quantitative estimate of drug-likeness (QED) is 0.361. The second-order valence-corrected chi connectivity index (χ2v) is 9.71. The summed E-state index contributed by atoms with van der Waals surface area (Å²) in [6.07, 6.45) is -0.470. The molecule has 1 atom stereocenters. The first-order valence-corrected chi connectivity index (χ1v) is 12.3. The molecule has 0 unspecified atom stereocenters. The summed E-state index contributed by atoms with van der Waals surface area (Å²) in [5.41, 5.74) is 3.77. The Bertz CT molecular complexity index is 1620. The third-order valence-corrected chi connectivity index (χ3v) is 6.89. The van der Waals surface area contributed by atoms with E-state index < -0.39 is 12.1 Å². The lowest BCUT2D eigenvalue weighted by Gasteiger charge is -2.35. The third-order valence-electron chi connectivity index (χ3n) is 6.89. The van der Waals surface area contributed by atoms with Crippen molar-refractivity contribution < 1.29 is 19.8 Å². The maximum atomic E-state index is 13.4. The number of nitrogens with one attached hydrogen (secondary N) is 1. The zero-order valence-corrected chi connectivity index (χ0v) is 21.3. The molecule has 0 radical (unpaired) electrons. The number of hydrogen-bond acceptors (Lipinski definition) is 6. The Balaban J connectivity index is 1.55. The molecule has 194 valence electrons. The summed E-state index contributed by atoms with van der Waals surface area (Å²) in [4.78, 5) is 44.2. The maximum Gasteiger partial charge on any atom is 0.337 e. The van der Waals surface area contributed by atoms with Crippen molar-refractivity contribution in [2.24, 2.45) is 7.05 Å². The van der Waals surface area contributed by atoms with Gasteiger partial charge in [-0.1, -0.05) is 30.3 Å². The van der Waals surface area contributed by atoms with Crippen LogP contribution in [0.2, 0.25) is 0 Å². The number of fused-ring (bicyclic) bond motifs is 1. The van der Waals surface area contributed by atoms with Crippen molar-refractivity contribution in [3.8, 4) is 11.4 Å². The molecule has 0 saturated carbocycles. The molecule has 1 aromatic heterocycles. The average Bonchev–Trinajstić information content (AvgIpc) is 2.88. The maximum absolute atomic E-state index is 13.4. The van der Waals surface area contributed by atoms with E-state index in [1.54, 1.807) is 60.5 Å². The Labute approximate surface area is 219 Å². The summed E-state index contributed by atoms with van der Waals surface area (Å²) in [5.74, 6) is -0.735. The predicted octanol–water partition coefficient (Wildman–Crippen LogP) is 3.60. The minimum absolute atomic E-state index is 0.151. The molecule has 0 spiro atoms. The third kappa shape index (κ3) is 4.52. The zero-order chi connectivity index (χ0) is 27.1. The number of para-hydroxylation sites is 1. The van der Waals surface area contributed by atoms with Crippen molar-refractivity contribution in [2.45, 2.75) is 26.0 Å². The van der Waals surface area contributed by atoms with Crippen LogP contribution in [-0.4, -0.2) is 55.7 Å². The van der Waals surface area contributed by atoms with Crippen LogP contribution < -0.4 is 10.9 Å². The number of aromatic nitrogens is 2. The number of β-amino-alcohol motifs (C(OH)–C–C–N with tert-alkyl or cyclic N) is 1. The lowest BCUT2D eigenvalue weighted by atomic mass is 10.00. The molecule has 1 fully saturated rings. The molecular weight excluding hydrogens is 484 g/mol. The van der Waals surface area contributed by atoms with Gasteiger partial charge in [-0.25, -0.2) is 9.78 Å². The summed E-state index contributed by atoms with van der Waals surface area (Å²) < 4.78 is 1.49. The molecule has 4 aromatic rings. The Morgan fingerprint density at radius 2 is 1.76 bits per heavy atom. The Kier molecular flexibility index (Phi) is 6.46. The first kappa shape index (κ1) is 25.2. The second kappa shape index (κ2) is 9.75. The van der Waals surface area contributed by atoms with Gasteiger partial charge in [0, 0.05) is 42.5 Å². The summed E-state index contributed by atoms with van der Waals surface area (Å²) >= 11 is 0. The molecule has 1 aliphatic rings. The molecular formula is C29H28N4O5.